The fraction of sp³-hybridized carbons (Fsp3) is 0.211. The molecule has 3 amide bonds. The van der Waals surface area contributed by atoms with E-state index in [2.05, 4.69) is 10.6 Å². The fourth-order valence-electron chi connectivity index (χ4n) is 2.39. The lowest BCUT2D eigenvalue weighted by atomic mass is 10.0. The summed E-state index contributed by atoms with van der Waals surface area (Å²) in [6.45, 7) is -0.325. The Morgan fingerprint density at radius 2 is 1.79 bits per heavy atom. The number of amides is 3. The number of hydrogen-bond donors (Lipinski definition) is 3. The van der Waals surface area contributed by atoms with Gasteiger partial charge in [-0.15, -0.1) is 0 Å². The molecule has 2 rings (SSSR count). The number of hydrogen-bond acceptors (Lipinski definition) is 4. The zero-order chi connectivity index (χ0) is 20.5. The molecule has 0 bridgehead atoms. The second-order valence-corrected chi connectivity index (χ2v) is 6.26. The Bertz CT molecular complexity index is 845. The van der Waals surface area contributed by atoms with Gasteiger partial charge in [-0.05, 0) is 29.3 Å². The summed E-state index contributed by atoms with van der Waals surface area (Å²) in [4.78, 5) is 35.1. The molecular formula is C19H19ClFN3O4. The molecule has 148 valence electrons. The summed E-state index contributed by atoms with van der Waals surface area (Å²) in [5.74, 6) is -1.60. The standard InChI is InChI=1S/C19H19ClFN3O4/c20-15-4-2-1-3-14(15)16(24-19(22)27)9-18(26)28-11-17(25)23-10-12-5-7-13(21)8-6-12/h1-8,16H,9-11H2,(H,23,25)(H3,22,24,27)/t16-/m0/s1. The van der Waals surface area contributed by atoms with Gasteiger partial charge in [0.2, 0.25) is 0 Å². The average molecular weight is 408 g/mol. The maximum Gasteiger partial charge on any atom is 0.312 e. The van der Waals surface area contributed by atoms with Gasteiger partial charge in [0.1, 0.15) is 5.82 Å². The van der Waals surface area contributed by atoms with Crippen LogP contribution in [0.5, 0.6) is 0 Å². The normalized spacial score (nSPS) is 11.4. The minimum atomic E-state index is -0.824. The molecule has 0 saturated heterocycles. The number of nitrogens with one attached hydrogen (secondary N) is 2. The Labute approximate surface area is 166 Å². The summed E-state index contributed by atoms with van der Waals surface area (Å²) in [7, 11) is 0. The highest BCUT2D eigenvalue weighted by Crippen LogP contribution is 2.25. The molecule has 0 spiro atoms. The van der Waals surface area contributed by atoms with Crippen LogP contribution in [0.2, 0.25) is 5.02 Å². The second kappa shape index (κ2) is 10.3. The van der Waals surface area contributed by atoms with Gasteiger partial charge in [0.15, 0.2) is 6.61 Å². The van der Waals surface area contributed by atoms with Crippen molar-refractivity contribution in [3.8, 4) is 0 Å². The van der Waals surface area contributed by atoms with Crippen molar-refractivity contribution >= 4 is 29.5 Å². The SMILES string of the molecule is NC(=O)N[C@@H](CC(=O)OCC(=O)NCc1ccc(F)cc1)c1ccccc1Cl. The van der Waals surface area contributed by atoms with Crippen LogP contribution in [0.15, 0.2) is 48.5 Å². The van der Waals surface area contributed by atoms with Gasteiger partial charge in [-0.3, -0.25) is 9.59 Å². The third kappa shape index (κ3) is 6.88. The minimum absolute atomic E-state index is 0.169. The van der Waals surface area contributed by atoms with E-state index in [4.69, 9.17) is 22.1 Å². The lowest BCUT2D eigenvalue weighted by molar-refractivity contribution is -0.149. The lowest BCUT2D eigenvalue weighted by Crippen LogP contribution is -2.35. The number of ether oxygens (including phenoxy) is 1. The van der Waals surface area contributed by atoms with E-state index in [0.29, 0.717) is 16.1 Å². The molecule has 2 aromatic rings. The van der Waals surface area contributed by atoms with Gasteiger partial charge in [-0.25, -0.2) is 9.18 Å². The molecule has 0 aliphatic heterocycles. The maximum atomic E-state index is 12.8. The highest BCUT2D eigenvalue weighted by Gasteiger charge is 2.21. The van der Waals surface area contributed by atoms with E-state index in [1.54, 1.807) is 24.3 Å². The zero-order valence-corrected chi connectivity index (χ0v) is 15.5. The average Bonchev–Trinajstić information content (AvgIpc) is 2.65. The summed E-state index contributed by atoms with van der Waals surface area (Å²) in [5.41, 5.74) is 6.35. The van der Waals surface area contributed by atoms with E-state index in [-0.39, 0.29) is 18.8 Å². The summed E-state index contributed by atoms with van der Waals surface area (Å²) in [6, 6.07) is 10.7. The first-order valence-corrected chi connectivity index (χ1v) is 8.70. The number of benzene rings is 2. The van der Waals surface area contributed by atoms with E-state index in [0.717, 1.165) is 0 Å². The fourth-order valence-corrected chi connectivity index (χ4v) is 2.66. The predicted molar refractivity (Wildman–Crippen MR) is 101 cm³/mol. The molecule has 0 fully saturated rings. The molecule has 0 saturated carbocycles. The Balaban J connectivity index is 1.84. The van der Waals surface area contributed by atoms with Gasteiger partial charge >= 0.3 is 12.0 Å². The van der Waals surface area contributed by atoms with Crippen LogP contribution in [0.1, 0.15) is 23.6 Å². The van der Waals surface area contributed by atoms with Crippen molar-refractivity contribution in [1.29, 1.82) is 0 Å². The van der Waals surface area contributed by atoms with E-state index < -0.39 is 30.6 Å². The molecule has 9 heteroatoms. The van der Waals surface area contributed by atoms with Crippen molar-refractivity contribution in [1.82, 2.24) is 10.6 Å². The van der Waals surface area contributed by atoms with Crippen molar-refractivity contribution < 1.29 is 23.5 Å². The zero-order valence-electron chi connectivity index (χ0n) is 14.8. The highest BCUT2D eigenvalue weighted by atomic mass is 35.5. The molecule has 2 aromatic carbocycles. The van der Waals surface area contributed by atoms with Crippen LogP contribution in [0.4, 0.5) is 9.18 Å². The minimum Gasteiger partial charge on any atom is -0.456 e. The van der Waals surface area contributed by atoms with E-state index in [1.807, 2.05) is 0 Å². The van der Waals surface area contributed by atoms with Gasteiger partial charge in [-0.2, -0.15) is 0 Å². The van der Waals surface area contributed by atoms with Crippen LogP contribution in [-0.4, -0.2) is 24.5 Å². The second-order valence-electron chi connectivity index (χ2n) is 5.85. The molecule has 7 nitrogen and oxygen atoms in total. The third-order valence-electron chi connectivity index (χ3n) is 3.74. The number of primary amides is 1. The van der Waals surface area contributed by atoms with Crippen LogP contribution < -0.4 is 16.4 Å². The monoisotopic (exact) mass is 407 g/mol. The number of rotatable bonds is 8. The predicted octanol–water partition coefficient (Wildman–Crippen LogP) is 2.44. The highest BCUT2D eigenvalue weighted by molar-refractivity contribution is 6.31. The number of urea groups is 1. The number of carbonyl (C=O) groups excluding carboxylic acids is 3. The van der Waals surface area contributed by atoms with Crippen LogP contribution >= 0.6 is 11.6 Å². The Kier molecular flexibility index (Phi) is 7.76. The van der Waals surface area contributed by atoms with Gasteiger partial charge in [-0.1, -0.05) is 41.9 Å². The van der Waals surface area contributed by atoms with Crippen molar-refractivity contribution in [2.75, 3.05) is 6.61 Å². The van der Waals surface area contributed by atoms with E-state index in [9.17, 15) is 18.8 Å². The first-order chi connectivity index (χ1) is 13.3. The molecule has 0 radical (unpaired) electrons. The first-order valence-electron chi connectivity index (χ1n) is 8.32. The maximum absolute atomic E-state index is 12.8. The molecule has 28 heavy (non-hydrogen) atoms. The van der Waals surface area contributed by atoms with E-state index in [1.165, 1.54) is 24.3 Å². The number of nitrogens with two attached hydrogens (primary N) is 1. The third-order valence-corrected chi connectivity index (χ3v) is 4.08. The molecule has 1 atom stereocenters. The summed E-state index contributed by atoms with van der Waals surface area (Å²) in [5, 5.41) is 5.33. The molecule has 0 heterocycles. The Morgan fingerprint density at radius 3 is 2.43 bits per heavy atom. The first kappa shape index (κ1) is 21.2. The van der Waals surface area contributed by atoms with Gasteiger partial charge < -0.3 is 21.1 Å². The number of halogens is 2. The van der Waals surface area contributed by atoms with Crippen molar-refractivity contribution in [2.45, 2.75) is 19.0 Å². The topological polar surface area (TPSA) is 111 Å². The lowest BCUT2D eigenvalue weighted by Gasteiger charge is -2.18. The van der Waals surface area contributed by atoms with Crippen LogP contribution in [-0.2, 0) is 20.9 Å². The van der Waals surface area contributed by atoms with Crippen molar-refractivity contribution in [3.05, 3.63) is 70.5 Å². The largest absolute Gasteiger partial charge is 0.456 e. The molecule has 0 aromatic heterocycles. The quantitative estimate of drug-likeness (QED) is 0.583. The molecular weight excluding hydrogens is 389 g/mol. The summed E-state index contributed by atoms with van der Waals surface area (Å²) >= 11 is 6.09. The number of esters is 1. The van der Waals surface area contributed by atoms with E-state index >= 15 is 0 Å². The number of carbonyl (C=O) groups is 3. The van der Waals surface area contributed by atoms with Crippen molar-refractivity contribution in [2.24, 2.45) is 5.73 Å². The smallest absolute Gasteiger partial charge is 0.312 e. The molecule has 4 N–H and O–H groups in total. The van der Waals surface area contributed by atoms with Gasteiger partial charge in [0.05, 0.1) is 12.5 Å². The Hall–Kier alpha value is -3.13. The van der Waals surface area contributed by atoms with Crippen LogP contribution in [0.3, 0.4) is 0 Å². The molecule has 0 aliphatic carbocycles. The van der Waals surface area contributed by atoms with Crippen molar-refractivity contribution in [3.63, 3.8) is 0 Å². The van der Waals surface area contributed by atoms with Crippen LogP contribution in [0.25, 0.3) is 0 Å². The summed E-state index contributed by atoms with van der Waals surface area (Å²) in [6.07, 6.45) is -0.252. The van der Waals surface area contributed by atoms with Crippen LogP contribution in [0, 0.1) is 5.82 Å². The van der Waals surface area contributed by atoms with Gasteiger partial charge in [0, 0.05) is 11.6 Å². The molecule has 0 aliphatic rings. The Morgan fingerprint density at radius 1 is 1.11 bits per heavy atom. The van der Waals surface area contributed by atoms with Gasteiger partial charge in [0.25, 0.3) is 5.91 Å². The summed E-state index contributed by atoms with van der Waals surface area (Å²) < 4.78 is 17.8. The molecule has 0 unspecified atom stereocenters.